The highest BCUT2D eigenvalue weighted by Gasteiger charge is 2.30. The quantitative estimate of drug-likeness (QED) is 0.211. The van der Waals surface area contributed by atoms with Crippen LogP contribution in [0.15, 0.2) is 108 Å². The second-order valence-corrected chi connectivity index (χ2v) is 13.0. The van der Waals surface area contributed by atoms with Crippen LogP contribution in [-0.4, -0.2) is 46.5 Å². The van der Waals surface area contributed by atoms with Crippen molar-refractivity contribution in [2.24, 2.45) is 0 Å². The molecule has 4 aromatic carbocycles. The van der Waals surface area contributed by atoms with Gasteiger partial charge in [-0.1, -0.05) is 114 Å². The molecule has 1 aromatic heterocycles. The molecule has 1 fully saturated rings. The van der Waals surface area contributed by atoms with Gasteiger partial charge in [-0.25, -0.2) is 0 Å². The molecule has 6 rings (SSSR count). The fraction of sp³-hybridized carbons (Fsp3) is 0.139. The SMILES string of the molecule is N#CC(C(=O)N1CCN(C(c2ccccc2)c2ccccc2)CC1)=c1sc(=Cc2ccccc2Cl)c(=O)n1-c1ccc(Cl)c(Cl)c1. The average Bonchev–Trinajstić information content (AvgIpc) is 3.40. The van der Waals surface area contributed by atoms with Crippen molar-refractivity contribution in [2.75, 3.05) is 26.2 Å². The Labute approximate surface area is 285 Å². The maximum atomic E-state index is 14.0. The highest BCUT2D eigenvalue weighted by atomic mass is 35.5. The molecule has 230 valence electrons. The van der Waals surface area contributed by atoms with Crippen molar-refractivity contribution >= 4 is 63.7 Å². The Hall–Kier alpha value is -4.16. The molecular formula is C36H27Cl3N4O2S. The van der Waals surface area contributed by atoms with Crippen molar-refractivity contribution < 1.29 is 4.79 Å². The summed E-state index contributed by atoms with van der Waals surface area (Å²) in [6.45, 7) is 2.05. The van der Waals surface area contributed by atoms with Gasteiger partial charge >= 0.3 is 0 Å². The molecule has 0 atom stereocenters. The lowest BCUT2D eigenvalue weighted by Crippen LogP contribution is -2.50. The van der Waals surface area contributed by atoms with Crippen molar-refractivity contribution in [1.29, 1.82) is 5.26 Å². The highest BCUT2D eigenvalue weighted by Crippen LogP contribution is 2.30. The van der Waals surface area contributed by atoms with Gasteiger partial charge in [-0.05, 0) is 47.0 Å². The number of amides is 1. The average molecular weight is 686 g/mol. The van der Waals surface area contributed by atoms with Gasteiger partial charge in [0, 0.05) is 31.2 Å². The van der Waals surface area contributed by atoms with Gasteiger partial charge in [-0.3, -0.25) is 19.1 Å². The van der Waals surface area contributed by atoms with Crippen molar-refractivity contribution in [3.05, 3.63) is 154 Å². The van der Waals surface area contributed by atoms with Crippen LogP contribution >= 0.6 is 46.1 Å². The molecule has 0 bridgehead atoms. The Morgan fingerprint density at radius 1 is 0.783 bits per heavy atom. The van der Waals surface area contributed by atoms with E-state index in [1.165, 1.54) is 15.7 Å². The van der Waals surface area contributed by atoms with Gasteiger partial charge in [0.1, 0.15) is 10.7 Å². The highest BCUT2D eigenvalue weighted by molar-refractivity contribution is 7.07. The van der Waals surface area contributed by atoms with E-state index in [2.05, 4.69) is 35.2 Å². The molecule has 1 aliphatic heterocycles. The number of piperazine rings is 1. The lowest BCUT2D eigenvalue weighted by Gasteiger charge is -2.39. The van der Waals surface area contributed by atoms with Crippen LogP contribution in [0.5, 0.6) is 0 Å². The van der Waals surface area contributed by atoms with E-state index in [0.717, 1.165) is 11.3 Å². The van der Waals surface area contributed by atoms with Gasteiger partial charge in [0.05, 0.1) is 26.3 Å². The number of benzene rings is 4. The van der Waals surface area contributed by atoms with Crippen LogP contribution in [0, 0.1) is 11.3 Å². The molecule has 0 aliphatic carbocycles. The van der Waals surface area contributed by atoms with Gasteiger partial charge in [-0.2, -0.15) is 5.26 Å². The lowest BCUT2D eigenvalue weighted by atomic mass is 9.96. The molecule has 10 heteroatoms. The van der Waals surface area contributed by atoms with Gasteiger partial charge < -0.3 is 4.90 Å². The lowest BCUT2D eigenvalue weighted by molar-refractivity contribution is -0.126. The molecule has 0 N–H and O–H groups in total. The van der Waals surface area contributed by atoms with E-state index in [0.29, 0.717) is 52.0 Å². The van der Waals surface area contributed by atoms with Gasteiger partial charge in [0.2, 0.25) is 0 Å². The molecule has 1 saturated heterocycles. The van der Waals surface area contributed by atoms with Crippen LogP contribution in [0.2, 0.25) is 15.1 Å². The molecule has 6 nitrogen and oxygen atoms in total. The van der Waals surface area contributed by atoms with Crippen molar-refractivity contribution in [3.8, 4) is 11.8 Å². The molecule has 1 aliphatic rings. The number of nitrogens with zero attached hydrogens (tertiary/aromatic N) is 4. The van der Waals surface area contributed by atoms with Crippen molar-refractivity contribution in [2.45, 2.75) is 6.04 Å². The zero-order valence-electron chi connectivity index (χ0n) is 24.4. The Kier molecular flexibility index (Phi) is 9.74. The largest absolute Gasteiger partial charge is 0.335 e. The van der Waals surface area contributed by atoms with Crippen LogP contribution in [-0.2, 0) is 4.79 Å². The summed E-state index contributed by atoms with van der Waals surface area (Å²) in [5.74, 6) is -0.433. The number of aromatic nitrogens is 1. The maximum Gasteiger partial charge on any atom is 0.273 e. The third kappa shape index (κ3) is 6.54. The van der Waals surface area contributed by atoms with E-state index in [4.69, 9.17) is 34.8 Å². The number of halogens is 3. The third-order valence-corrected chi connectivity index (χ3v) is 10.1. The number of carbonyl (C=O) groups excluding carboxylic acids is 1. The molecule has 1 amide bonds. The first-order valence-corrected chi connectivity index (χ1v) is 16.5. The van der Waals surface area contributed by atoms with Gasteiger partial charge in [0.25, 0.3) is 11.5 Å². The summed E-state index contributed by atoms with van der Waals surface area (Å²) >= 11 is 20.0. The fourth-order valence-corrected chi connectivity index (χ4v) is 7.23. The Morgan fingerprint density at radius 3 is 1.98 bits per heavy atom. The van der Waals surface area contributed by atoms with E-state index in [-0.39, 0.29) is 21.3 Å². The summed E-state index contributed by atoms with van der Waals surface area (Å²) < 4.78 is 1.87. The minimum absolute atomic E-state index is 0.0269. The summed E-state index contributed by atoms with van der Waals surface area (Å²) in [5.41, 5.74) is 2.85. The third-order valence-electron chi connectivity index (χ3n) is 7.91. The van der Waals surface area contributed by atoms with Crippen LogP contribution in [0.1, 0.15) is 22.7 Å². The predicted octanol–water partition coefficient (Wildman–Crippen LogP) is 6.30. The number of hydrogen-bond acceptors (Lipinski definition) is 5. The first kappa shape index (κ1) is 31.8. The second kappa shape index (κ2) is 14.1. The Morgan fingerprint density at radius 2 is 1.39 bits per heavy atom. The zero-order valence-corrected chi connectivity index (χ0v) is 27.5. The molecule has 5 aromatic rings. The fourth-order valence-electron chi connectivity index (χ4n) is 5.66. The van der Waals surface area contributed by atoms with Gasteiger partial charge in [0.15, 0.2) is 5.57 Å². The number of rotatable bonds is 6. The van der Waals surface area contributed by atoms with Crippen LogP contribution in [0.3, 0.4) is 0 Å². The molecule has 0 spiro atoms. The number of nitriles is 1. The molecular weight excluding hydrogens is 659 g/mol. The molecule has 2 heterocycles. The second-order valence-electron chi connectivity index (χ2n) is 10.7. The molecule has 46 heavy (non-hydrogen) atoms. The van der Waals surface area contributed by atoms with E-state index < -0.39 is 11.5 Å². The first-order valence-electron chi connectivity index (χ1n) is 14.6. The summed E-state index contributed by atoms with van der Waals surface area (Å²) in [5, 5.41) is 11.4. The standard InChI is InChI=1S/C36H27Cl3N4O2S/c37-29-14-8-7-13-26(29)21-32-35(45)43(27-15-16-30(38)31(39)22-27)36(46-32)28(23-40)34(44)42-19-17-41(18-20-42)33(24-9-3-1-4-10-24)25-11-5-2-6-12-25/h1-16,21-22,33H,17-20H2. The zero-order chi connectivity index (χ0) is 32.2. The van der Waals surface area contributed by atoms with Gasteiger partial charge in [-0.15, -0.1) is 11.3 Å². The Balaban J connectivity index is 1.39. The minimum atomic E-state index is -0.433. The van der Waals surface area contributed by atoms with E-state index in [1.54, 1.807) is 47.4 Å². The van der Waals surface area contributed by atoms with Crippen molar-refractivity contribution in [3.63, 3.8) is 0 Å². The minimum Gasteiger partial charge on any atom is -0.335 e. The summed E-state index contributed by atoms with van der Waals surface area (Å²) in [6, 6.07) is 34.7. The van der Waals surface area contributed by atoms with Crippen LogP contribution < -0.4 is 14.8 Å². The van der Waals surface area contributed by atoms with E-state index >= 15 is 0 Å². The summed E-state index contributed by atoms with van der Waals surface area (Å²) in [4.78, 5) is 32.0. The maximum absolute atomic E-state index is 14.0. The summed E-state index contributed by atoms with van der Waals surface area (Å²) in [7, 11) is 0. The number of hydrogen-bond donors (Lipinski definition) is 0. The first-order chi connectivity index (χ1) is 22.4. The van der Waals surface area contributed by atoms with Crippen LogP contribution in [0.4, 0.5) is 0 Å². The normalized spacial score (nSPS) is 14.8. The van der Waals surface area contributed by atoms with Crippen molar-refractivity contribution in [1.82, 2.24) is 14.4 Å². The molecule has 0 radical (unpaired) electrons. The van der Waals surface area contributed by atoms with E-state index in [1.807, 2.05) is 42.5 Å². The molecule has 0 unspecified atom stereocenters. The smallest absolute Gasteiger partial charge is 0.273 e. The number of carbonyl (C=O) groups is 1. The topological polar surface area (TPSA) is 69.3 Å². The summed E-state index contributed by atoms with van der Waals surface area (Å²) in [6.07, 6.45) is 1.67. The predicted molar refractivity (Wildman–Crippen MR) is 186 cm³/mol. The molecule has 0 saturated carbocycles. The van der Waals surface area contributed by atoms with Crippen LogP contribution in [0.25, 0.3) is 17.3 Å². The Bertz CT molecular complexity index is 2080. The monoisotopic (exact) mass is 684 g/mol. The van der Waals surface area contributed by atoms with E-state index in [9.17, 15) is 14.9 Å². The number of thiazole rings is 1.